The van der Waals surface area contributed by atoms with Gasteiger partial charge in [-0.25, -0.2) is 9.78 Å². The van der Waals surface area contributed by atoms with Gasteiger partial charge in [0.1, 0.15) is 5.52 Å². The van der Waals surface area contributed by atoms with Crippen molar-refractivity contribution >= 4 is 22.8 Å². The van der Waals surface area contributed by atoms with Crippen molar-refractivity contribution in [3.05, 3.63) is 34.4 Å². The van der Waals surface area contributed by atoms with Gasteiger partial charge in [-0.15, -0.1) is 0 Å². The molecule has 0 atom stereocenters. The Balaban J connectivity index is 1.76. The second-order valence-corrected chi connectivity index (χ2v) is 7.49. The molecule has 4 rings (SSSR count). The van der Waals surface area contributed by atoms with Crippen molar-refractivity contribution in [1.29, 1.82) is 0 Å². The van der Waals surface area contributed by atoms with Gasteiger partial charge in [-0.1, -0.05) is 26.7 Å². The molecule has 1 aliphatic rings. The van der Waals surface area contributed by atoms with Crippen LogP contribution in [0.15, 0.2) is 23.1 Å². The first-order valence-corrected chi connectivity index (χ1v) is 10.1. The Labute approximate surface area is 169 Å². The van der Waals surface area contributed by atoms with Crippen molar-refractivity contribution in [3.63, 3.8) is 0 Å². The van der Waals surface area contributed by atoms with Crippen LogP contribution >= 0.6 is 0 Å². The van der Waals surface area contributed by atoms with Crippen molar-refractivity contribution in [2.75, 3.05) is 12.1 Å². The summed E-state index contributed by atoms with van der Waals surface area (Å²) in [6.07, 6.45) is 5.63. The summed E-state index contributed by atoms with van der Waals surface area (Å²) in [6.45, 7) is 6.50. The lowest BCUT2D eigenvalue weighted by Gasteiger charge is -2.17. The summed E-state index contributed by atoms with van der Waals surface area (Å²) in [7, 11) is 1.77. The predicted molar refractivity (Wildman–Crippen MR) is 112 cm³/mol. The molecule has 0 fully saturated rings. The Morgan fingerprint density at radius 3 is 2.55 bits per heavy atom. The average molecular weight is 397 g/mol. The van der Waals surface area contributed by atoms with Gasteiger partial charge in [0.25, 0.3) is 0 Å². The molecule has 1 aromatic carbocycles. The summed E-state index contributed by atoms with van der Waals surface area (Å²) in [5.74, 6) is 1.88. The van der Waals surface area contributed by atoms with Crippen molar-refractivity contribution in [1.82, 2.24) is 19.1 Å². The smallest absolute Gasteiger partial charge is 0.330 e. The molecule has 0 saturated heterocycles. The number of rotatable bonds is 7. The summed E-state index contributed by atoms with van der Waals surface area (Å²) in [4.78, 5) is 22.1. The summed E-state index contributed by atoms with van der Waals surface area (Å²) < 4.78 is 14.4. The van der Waals surface area contributed by atoms with Gasteiger partial charge in [0.05, 0.1) is 6.20 Å². The molecule has 8 heteroatoms. The molecule has 3 heterocycles. The van der Waals surface area contributed by atoms with Gasteiger partial charge in [0.15, 0.2) is 17.1 Å². The zero-order valence-electron chi connectivity index (χ0n) is 17.4. The SMILES string of the molecule is CCCC(CCC)n1c(=O)n(C)c2cnc(Nc3cc4c(cc3C)OCO4)nc21. The van der Waals surface area contributed by atoms with Gasteiger partial charge < -0.3 is 14.8 Å². The zero-order chi connectivity index (χ0) is 20.5. The first kappa shape index (κ1) is 19.3. The average Bonchev–Trinajstić information content (AvgIpc) is 3.24. The topological polar surface area (TPSA) is 83.2 Å². The fourth-order valence-corrected chi connectivity index (χ4v) is 3.89. The standard InChI is InChI=1S/C21H27N5O3/c1-5-7-14(8-6-2)26-19-16(25(4)21(26)27)11-22-20(24-19)23-15-10-18-17(9-13(15)3)28-12-29-18/h9-11,14H,5-8,12H2,1-4H3,(H,22,23,24). The summed E-state index contributed by atoms with van der Waals surface area (Å²) in [5.41, 5.74) is 3.20. The van der Waals surface area contributed by atoms with Crippen LogP contribution in [0, 0.1) is 6.92 Å². The van der Waals surface area contributed by atoms with Gasteiger partial charge in [-0.2, -0.15) is 4.98 Å². The van der Waals surface area contributed by atoms with Crippen LogP contribution < -0.4 is 20.5 Å². The molecule has 8 nitrogen and oxygen atoms in total. The molecule has 0 radical (unpaired) electrons. The van der Waals surface area contributed by atoms with E-state index in [1.807, 2.05) is 23.6 Å². The number of aromatic nitrogens is 4. The van der Waals surface area contributed by atoms with E-state index in [0.717, 1.165) is 48.2 Å². The molecule has 2 aromatic heterocycles. The minimum Gasteiger partial charge on any atom is -0.454 e. The number of nitrogens with zero attached hydrogens (tertiary/aromatic N) is 4. The lowest BCUT2D eigenvalue weighted by atomic mass is 10.1. The molecule has 29 heavy (non-hydrogen) atoms. The van der Waals surface area contributed by atoms with Crippen LogP contribution in [0.2, 0.25) is 0 Å². The predicted octanol–water partition coefficient (Wildman–Crippen LogP) is 4.05. The highest BCUT2D eigenvalue weighted by Crippen LogP contribution is 2.37. The van der Waals surface area contributed by atoms with E-state index >= 15 is 0 Å². The van der Waals surface area contributed by atoms with E-state index in [0.29, 0.717) is 17.3 Å². The van der Waals surface area contributed by atoms with E-state index in [4.69, 9.17) is 14.5 Å². The van der Waals surface area contributed by atoms with Gasteiger partial charge in [0, 0.05) is 24.8 Å². The lowest BCUT2D eigenvalue weighted by molar-refractivity contribution is 0.174. The maximum absolute atomic E-state index is 12.9. The molecule has 154 valence electrons. The minimum absolute atomic E-state index is 0.0439. The monoisotopic (exact) mass is 397 g/mol. The van der Waals surface area contributed by atoms with Crippen LogP contribution in [-0.2, 0) is 7.05 Å². The van der Waals surface area contributed by atoms with E-state index in [2.05, 4.69) is 24.1 Å². The van der Waals surface area contributed by atoms with Gasteiger partial charge in [-0.3, -0.25) is 9.13 Å². The molecule has 3 aromatic rings. The Morgan fingerprint density at radius 2 is 1.86 bits per heavy atom. The molecular weight excluding hydrogens is 370 g/mol. The summed E-state index contributed by atoms with van der Waals surface area (Å²) >= 11 is 0. The van der Waals surface area contributed by atoms with Crippen LogP contribution in [0.1, 0.15) is 51.1 Å². The highest BCUT2D eigenvalue weighted by atomic mass is 16.7. The molecule has 0 saturated carbocycles. The lowest BCUT2D eigenvalue weighted by Crippen LogP contribution is -2.26. The van der Waals surface area contributed by atoms with E-state index < -0.39 is 0 Å². The normalized spacial score (nSPS) is 12.9. The van der Waals surface area contributed by atoms with E-state index in [1.54, 1.807) is 17.8 Å². The number of anilines is 2. The third kappa shape index (κ3) is 3.43. The fraction of sp³-hybridized carbons (Fsp3) is 0.476. The number of fused-ring (bicyclic) bond motifs is 2. The number of ether oxygens (including phenoxy) is 2. The third-order valence-electron chi connectivity index (χ3n) is 5.41. The van der Waals surface area contributed by atoms with Crippen molar-refractivity contribution in [3.8, 4) is 11.5 Å². The zero-order valence-corrected chi connectivity index (χ0v) is 17.4. The molecule has 1 N–H and O–H groups in total. The molecule has 0 unspecified atom stereocenters. The molecule has 0 aliphatic carbocycles. The quantitative estimate of drug-likeness (QED) is 0.647. The highest BCUT2D eigenvalue weighted by Gasteiger charge is 2.21. The third-order valence-corrected chi connectivity index (χ3v) is 5.41. The molecule has 1 aliphatic heterocycles. The first-order valence-electron chi connectivity index (χ1n) is 10.1. The van der Waals surface area contributed by atoms with Crippen LogP contribution in [-0.4, -0.2) is 25.9 Å². The van der Waals surface area contributed by atoms with E-state index in [9.17, 15) is 4.79 Å². The van der Waals surface area contributed by atoms with Gasteiger partial charge in [-0.05, 0) is 31.4 Å². The summed E-state index contributed by atoms with van der Waals surface area (Å²) in [6, 6.07) is 3.96. The number of hydrogen-bond acceptors (Lipinski definition) is 6. The Bertz CT molecular complexity index is 1100. The number of nitrogens with one attached hydrogen (secondary N) is 1. The van der Waals surface area contributed by atoms with Crippen LogP contribution in [0.4, 0.5) is 11.6 Å². The van der Waals surface area contributed by atoms with E-state index in [1.165, 1.54) is 0 Å². The maximum Gasteiger partial charge on any atom is 0.330 e. The number of imidazole rings is 1. The van der Waals surface area contributed by atoms with Crippen LogP contribution in [0.5, 0.6) is 11.5 Å². The second-order valence-electron chi connectivity index (χ2n) is 7.49. The van der Waals surface area contributed by atoms with E-state index in [-0.39, 0.29) is 18.5 Å². The van der Waals surface area contributed by atoms with Gasteiger partial charge in [0.2, 0.25) is 12.7 Å². The van der Waals surface area contributed by atoms with Crippen molar-refractivity contribution in [2.45, 2.75) is 52.5 Å². The van der Waals surface area contributed by atoms with Crippen molar-refractivity contribution in [2.24, 2.45) is 7.05 Å². The largest absolute Gasteiger partial charge is 0.454 e. The number of hydrogen-bond donors (Lipinski definition) is 1. The van der Waals surface area contributed by atoms with Crippen molar-refractivity contribution < 1.29 is 9.47 Å². The number of benzene rings is 1. The number of aryl methyl sites for hydroxylation is 2. The molecule has 0 bridgehead atoms. The van der Waals surface area contributed by atoms with Crippen LogP contribution in [0.25, 0.3) is 11.2 Å². The second kappa shape index (κ2) is 7.77. The molecule has 0 amide bonds. The molecular formula is C21H27N5O3. The Hall–Kier alpha value is -3.03. The van der Waals surface area contributed by atoms with Crippen LogP contribution in [0.3, 0.4) is 0 Å². The fourth-order valence-electron chi connectivity index (χ4n) is 3.89. The summed E-state index contributed by atoms with van der Waals surface area (Å²) in [5, 5.41) is 3.27. The Morgan fingerprint density at radius 1 is 1.17 bits per heavy atom. The minimum atomic E-state index is -0.0439. The Kier molecular flexibility index (Phi) is 5.17. The first-order chi connectivity index (χ1) is 14.0. The molecule has 0 spiro atoms. The maximum atomic E-state index is 12.9. The highest BCUT2D eigenvalue weighted by molar-refractivity contribution is 5.73. The van der Waals surface area contributed by atoms with Gasteiger partial charge >= 0.3 is 5.69 Å².